The molecule has 5 nitrogen and oxygen atoms in total. The van der Waals surface area contributed by atoms with Crippen molar-refractivity contribution in [1.82, 2.24) is 4.90 Å². The van der Waals surface area contributed by atoms with E-state index < -0.39 is 12.1 Å². The van der Waals surface area contributed by atoms with Gasteiger partial charge in [0.2, 0.25) is 5.91 Å². The van der Waals surface area contributed by atoms with Gasteiger partial charge in [-0.3, -0.25) is 4.79 Å². The summed E-state index contributed by atoms with van der Waals surface area (Å²) in [6, 6.07) is 8.30. The number of carboxylic acid groups (broad SMARTS) is 1. The van der Waals surface area contributed by atoms with Gasteiger partial charge in [-0.25, -0.2) is 4.79 Å². The number of amides is 1. The predicted octanol–water partition coefficient (Wildman–Crippen LogP) is 2.02. The molecule has 1 aliphatic heterocycles. The Morgan fingerprint density at radius 3 is 2.59 bits per heavy atom. The molecule has 1 aromatic carbocycles. The molecule has 1 saturated heterocycles. The number of carbonyl (C=O) groups is 2. The fourth-order valence-electron chi connectivity index (χ4n) is 2.65. The van der Waals surface area contributed by atoms with E-state index in [4.69, 9.17) is 9.84 Å². The third kappa shape index (κ3) is 4.56. The second-order valence-electron chi connectivity index (χ2n) is 5.91. The fourth-order valence-corrected chi connectivity index (χ4v) is 2.65. The Labute approximate surface area is 130 Å². The largest absolute Gasteiger partial charge is 0.479 e. The fraction of sp³-hybridized carbons (Fsp3) is 0.529. The van der Waals surface area contributed by atoms with E-state index in [-0.39, 0.29) is 18.6 Å². The highest BCUT2D eigenvalue weighted by Gasteiger charge is 2.32. The van der Waals surface area contributed by atoms with Gasteiger partial charge in [0.1, 0.15) is 0 Å². The predicted molar refractivity (Wildman–Crippen MR) is 82.7 cm³/mol. The van der Waals surface area contributed by atoms with Crippen LogP contribution in [0.3, 0.4) is 0 Å². The number of benzene rings is 1. The maximum atomic E-state index is 12.2. The average Bonchev–Trinajstić information content (AvgIpc) is 2.48. The van der Waals surface area contributed by atoms with Gasteiger partial charge in [0, 0.05) is 13.0 Å². The molecule has 5 heteroatoms. The Kier molecular flexibility index (Phi) is 5.55. The highest BCUT2D eigenvalue weighted by molar-refractivity contribution is 5.78. The quantitative estimate of drug-likeness (QED) is 0.904. The van der Waals surface area contributed by atoms with Gasteiger partial charge in [0.15, 0.2) is 6.10 Å². The number of hydrogen-bond acceptors (Lipinski definition) is 3. The van der Waals surface area contributed by atoms with Crippen LogP contribution in [0.5, 0.6) is 0 Å². The lowest BCUT2D eigenvalue weighted by molar-refractivity contribution is -0.166. The number of aliphatic carboxylic acids is 1. The van der Waals surface area contributed by atoms with Gasteiger partial charge in [0.25, 0.3) is 0 Å². The number of carbonyl (C=O) groups excluding carboxylic acids is 1. The van der Waals surface area contributed by atoms with Crippen LogP contribution in [0.1, 0.15) is 30.9 Å². The Balaban J connectivity index is 1.81. The molecule has 0 saturated carbocycles. The number of nitrogens with zero attached hydrogens (tertiary/aromatic N) is 1. The Hall–Kier alpha value is -1.88. The molecule has 1 fully saturated rings. The maximum absolute atomic E-state index is 12.2. The average molecular weight is 305 g/mol. The molecule has 22 heavy (non-hydrogen) atoms. The number of hydrogen-bond donors (Lipinski definition) is 1. The molecular weight excluding hydrogens is 282 g/mol. The summed E-state index contributed by atoms with van der Waals surface area (Å²) in [6.45, 7) is 4.45. The van der Waals surface area contributed by atoms with Crippen molar-refractivity contribution in [3.8, 4) is 0 Å². The summed E-state index contributed by atoms with van der Waals surface area (Å²) in [7, 11) is 0. The van der Waals surface area contributed by atoms with Crippen LogP contribution in [-0.4, -0.2) is 47.2 Å². The highest BCUT2D eigenvalue weighted by Crippen LogP contribution is 2.14. The molecule has 1 aromatic rings. The third-order valence-corrected chi connectivity index (χ3v) is 3.87. The summed E-state index contributed by atoms with van der Waals surface area (Å²) in [6.07, 6.45) is 0.910. The molecule has 2 atom stereocenters. The van der Waals surface area contributed by atoms with E-state index in [1.807, 2.05) is 6.92 Å². The van der Waals surface area contributed by atoms with Crippen LogP contribution in [-0.2, 0) is 20.7 Å². The van der Waals surface area contributed by atoms with Crippen LogP contribution >= 0.6 is 0 Å². The first-order chi connectivity index (χ1) is 10.5. The summed E-state index contributed by atoms with van der Waals surface area (Å²) < 4.78 is 5.32. The molecule has 1 amide bonds. The molecule has 1 heterocycles. The zero-order chi connectivity index (χ0) is 16.1. The van der Waals surface area contributed by atoms with Gasteiger partial charge in [-0.2, -0.15) is 0 Å². The van der Waals surface area contributed by atoms with Crippen molar-refractivity contribution in [2.75, 3.05) is 13.1 Å². The number of rotatable bonds is 5. The smallest absolute Gasteiger partial charge is 0.334 e. The number of aryl methyl sites for hydroxylation is 2. The topological polar surface area (TPSA) is 66.8 Å². The van der Waals surface area contributed by atoms with Crippen molar-refractivity contribution in [3.05, 3.63) is 35.4 Å². The number of carboxylic acids is 1. The van der Waals surface area contributed by atoms with E-state index in [2.05, 4.69) is 24.3 Å². The van der Waals surface area contributed by atoms with Crippen molar-refractivity contribution in [3.63, 3.8) is 0 Å². The van der Waals surface area contributed by atoms with Crippen molar-refractivity contribution < 1.29 is 19.4 Å². The van der Waals surface area contributed by atoms with E-state index in [1.54, 1.807) is 11.8 Å². The van der Waals surface area contributed by atoms with E-state index in [9.17, 15) is 9.59 Å². The molecule has 0 spiro atoms. The van der Waals surface area contributed by atoms with Crippen molar-refractivity contribution in [1.29, 1.82) is 0 Å². The molecule has 0 bridgehead atoms. The SMILES string of the molecule is Cc1ccc(CCCC(=O)N2CC(C(=O)O)O[C@H](C)C2)cc1. The van der Waals surface area contributed by atoms with Gasteiger partial charge in [-0.1, -0.05) is 29.8 Å². The Bertz CT molecular complexity index is 526. The Morgan fingerprint density at radius 2 is 1.95 bits per heavy atom. The summed E-state index contributed by atoms with van der Waals surface area (Å²) in [4.78, 5) is 24.9. The number of ether oxygens (including phenoxy) is 1. The molecule has 0 aliphatic carbocycles. The second kappa shape index (κ2) is 7.40. The molecule has 0 radical (unpaired) electrons. The van der Waals surface area contributed by atoms with E-state index >= 15 is 0 Å². The lowest BCUT2D eigenvalue weighted by Crippen LogP contribution is -2.51. The molecular formula is C17H23NO4. The van der Waals surface area contributed by atoms with Crippen LogP contribution < -0.4 is 0 Å². The first-order valence-corrected chi connectivity index (χ1v) is 7.67. The van der Waals surface area contributed by atoms with Crippen LogP contribution in [0.4, 0.5) is 0 Å². The summed E-state index contributed by atoms with van der Waals surface area (Å²) >= 11 is 0. The lowest BCUT2D eigenvalue weighted by Gasteiger charge is -2.35. The Morgan fingerprint density at radius 1 is 1.27 bits per heavy atom. The normalized spacial score (nSPS) is 21.6. The first kappa shape index (κ1) is 16.5. The molecule has 1 N–H and O–H groups in total. The van der Waals surface area contributed by atoms with Crippen molar-refractivity contribution >= 4 is 11.9 Å². The van der Waals surface area contributed by atoms with Crippen LogP contribution in [0, 0.1) is 6.92 Å². The number of morpholine rings is 1. The first-order valence-electron chi connectivity index (χ1n) is 7.67. The van der Waals surface area contributed by atoms with Gasteiger partial charge in [-0.15, -0.1) is 0 Å². The van der Waals surface area contributed by atoms with Gasteiger partial charge >= 0.3 is 5.97 Å². The minimum absolute atomic E-state index is 0.00788. The van der Waals surface area contributed by atoms with Gasteiger partial charge in [-0.05, 0) is 32.3 Å². The van der Waals surface area contributed by atoms with Crippen LogP contribution in [0.25, 0.3) is 0 Å². The van der Waals surface area contributed by atoms with Crippen molar-refractivity contribution in [2.45, 2.75) is 45.3 Å². The van der Waals surface area contributed by atoms with E-state index in [1.165, 1.54) is 11.1 Å². The molecule has 120 valence electrons. The second-order valence-corrected chi connectivity index (χ2v) is 5.91. The summed E-state index contributed by atoms with van der Waals surface area (Å²) in [5, 5.41) is 9.04. The molecule has 0 aromatic heterocycles. The molecule has 2 rings (SSSR count). The zero-order valence-electron chi connectivity index (χ0n) is 13.1. The van der Waals surface area contributed by atoms with Crippen LogP contribution in [0.2, 0.25) is 0 Å². The third-order valence-electron chi connectivity index (χ3n) is 3.87. The minimum Gasteiger partial charge on any atom is -0.479 e. The van der Waals surface area contributed by atoms with Crippen molar-refractivity contribution in [2.24, 2.45) is 0 Å². The lowest BCUT2D eigenvalue weighted by atomic mass is 10.1. The summed E-state index contributed by atoms with van der Waals surface area (Å²) in [5.74, 6) is -1.00. The summed E-state index contributed by atoms with van der Waals surface area (Å²) in [5.41, 5.74) is 2.44. The molecule has 1 unspecified atom stereocenters. The van der Waals surface area contributed by atoms with Crippen LogP contribution in [0.15, 0.2) is 24.3 Å². The van der Waals surface area contributed by atoms with E-state index in [0.29, 0.717) is 13.0 Å². The maximum Gasteiger partial charge on any atom is 0.334 e. The van der Waals surface area contributed by atoms with Gasteiger partial charge < -0.3 is 14.7 Å². The van der Waals surface area contributed by atoms with Gasteiger partial charge in [0.05, 0.1) is 12.6 Å². The zero-order valence-corrected chi connectivity index (χ0v) is 13.1. The minimum atomic E-state index is -1.01. The highest BCUT2D eigenvalue weighted by atomic mass is 16.5. The van der Waals surface area contributed by atoms with E-state index in [0.717, 1.165) is 12.8 Å². The standard InChI is InChI=1S/C17H23NO4/c1-12-6-8-14(9-7-12)4-3-5-16(19)18-10-13(2)22-15(11-18)17(20)21/h6-9,13,15H,3-5,10-11H2,1-2H3,(H,20,21)/t13-,15?/m1/s1. The monoisotopic (exact) mass is 305 g/mol. The molecule has 1 aliphatic rings.